The van der Waals surface area contributed by atoms with Crippen LogP contribution in [0.5, 0.6) is 0 Å². The lowest BCUT2D eigenvalue weighted by atomic mass is 10.0. The number of aryl methyl sites for hydroxylation is 2. The van der Waals surface area contributed by atoms with E-state index in [0.717, 1.165) is 11.3 Å². The molecular formula is C14H16N2O2S. The SMILES string of the molecule is CCOC(=O)Nc1nc(-c2ccc(C)cc2C)cs1. The molecule has 1 amide bonds. The second kappa shape index (κ2) is 5.84. The number of rotatable bonds is 3. The van der Waals surface area contributed by atoms with Gasteiger partial charge in [-0.15, -0.1) is 11.3 Å². The molecule has 1 heterocycles. The molecule has 0 bridgehead atoms. The van der Waals surface area contributed by atoms with Crippen LogP contribution < -0.4 is 5.32 Å². The van der Waals surface area contributed by atoms with Gasteiger partial charge in [-0.25, -0.2) is 9.78 Å². The first-order valence-corrected chi connectivity index (χ1v) is 6.95. The van der Waals surface area contributed by atoms with Crippen molar-refractivity contribution in [3.05, 3.63) is 34.7 Å². The largest absolute Gasteiger partial charge is 0.450 e. The molecule has 5 heteroatoms. The average Bonchev–Trinajstić information content (AvgIpc) is 2.77. The molecule has 4 nitrogen and oxygen atoms in total. The number of amides is 1. The maximum Gasteiger partial charge on any atom is 0.413 e. The van der Waals surface area contributed by atoms with Crippen molar-refractivity contribution in [3.8, 4) is 11.3 Å². The molecule has 0 radical (unpaired) electrons. The van der Waals surface area contributed by atoms with Crippen molar-refractivity contribution in [1.29, 1.82) is 0 Å². The van der Waals surface area contributed by atoms with Crippen molar-refractivity contribution in [2.45, 2.75) is 20.8 Å². The summed E-state index contributed by atoms with van der Waals surface area (Å²) < 4.78 is 4.82. The first-order chi connectivity index (χ1) is 9.10. The van der Waals surface area contributed by atoms with E-state index in [4.69, 9.17) is 4.74 Å². The van der Waals surface area contributed by atoms with Gasteiger partial charge in [0, 0.05) is 10.9 Å². The number of thiazole rings is 1. The predicted molar refractivity (Wildman–Crippen MR) is 77.7 cm³/mol. The highest BCUT2D eigenvalue weighted by Gasteiger charge is 2.09. The molecular weight excluding hydrogens is 260 g/mol. The topological polar surface area (TPSA) is 51.2 Å². The number of hydrogen-bond donors (Lipinski definition) is 1. The Morgan fingerprint density at radius 3 is 2.89 bits per heavy atom. The molecule has 0 unspecified atom stereocenters. The molecule has 0 aliphatic heterocycles. The summed E-state index contributed by atoms with van der Waals surface area (Å²) >= 11 is 1.39. The summed E-state index contributed by atoms with van der Waals surface area (Å²) in [6.45, 7) is 6.23. The summed E-state index contributed by atoms with van der Waals surface area (Å²) in [4.78, 5) is 15.7. The van der Waals surface area contributed by atoms with Crippen LogP contribution in [-0.4, -0.2) is 17.7 Å². The molecule has 19 heavy (non-hydrogen) atoms. The normalized spacial score (nSPS) is 10.3. The van der Waals surface area contributed by atoms with Gasteiger partial charge in [-0.05, 0) is 26.3 Å². The van der Waals surface area contributed by atoms with Crippen LogP contribution >= 0.6 is 11.3 Å². The minimum absolute atomic E-state index is 0.348. The van der Waals surface area contributed by atoms with Crippen LogP contribution in [0.15, 0.2) is 23.6 Å². The Kier molecular flexibility index (Phi) is 4.16. The molecule has 2 aromatic rings. The summed E-state index contributed by atoms with van der Waals surface area (Å²) in [6.07, 6.45) is -0.468. The van der Waals surface area contributed by atoms with Crippen LogP contribution in [0.4, 0.5) is 9.93 Å². The van der Waals surface area contributed by atoms with Gasteiger partial charge in [0.05, 0.1) is 12.3 Å². The molecule has 0 atom stereocenters. The monoisotopic (exact) mass is 276 g/mol. The molecule has 0 saturated heterocycles. The summed E-state index contributed by atoms with van der Waals surface area (Å²) in [5.41, 5.74) is 4.35. The van der Waals surface area contributed by atoms with Crippen molar-refractivity contribution in [2.75, 3.05) is 11.9 Å². The van der Waals surface area contributed by atoms with Gasteiger partial charge in [0.15, 0.2) is 5.13 Å². The van der Waals surface area contributed by atoms with Crippen LogP contribution in [0, 0.1) is 13.8 Å². The first kappa shape index (κ1) is 13.5. The maximum absolute atomic E-state index is 11.3. The van der Waals surface area contributed by atoms with Gasteiger partial charge >= 0.3 is 6.09 Å². The summed E-state index contributed by atoms with van der Waals surface area (Å²) in [7, 11) is 0. The standard InChI is InChI=1S/C14H16N2O2S/c1-4-18-14(17)16-13-15-12(8-19-13)11-6-5-9(2)7-10(11)3/h5-8H,4H2,1-3H3,(H,15,16,17). The van der Waals surface area contributed by atoms with Crippen molar-refractivity contribution < 1.29 is 9.53 Å². The van der Waals surface area contributed by atoms with Gasteiger partial charge in [-0.2, -0.15) is 0 Å². The van der Waals surface area contributed by atoms with Crippen LogP contribution in [0.2, 0.25) is 0 Å². The Morgan fingerprint density at radius 2 is 2.21 bits per heavy atom. The molecule has 1 aromatic heterocycles. The van der Waals surface area contributed by atoms with Gasteiger partial charge < -0.3 is 4.74 Å². The summed E-state index contributed by atoms with van der Waals surface area (Å²) in [6, 6.07) is 6.22. The third-order valence-corrected chi connectivity index (χ3v) is 3.40. The number of nitrogens with zero attached hydrogens (tertiary/aromatic N) is 1. The summed E-state index contributed by atoms with van der Waals surface area (Å²) in [5.74, 6) is 0. The van der Waals surface area contributed by atoms with Crippen LogP contribution in [0.3, 0.4) is 0 Å². The van der Waals surface area contributed by atoms with Gasteiger partial charge in [-0.1, -0.05) is 23.8 Å². The number of carbonyl (C=O) groups excluding carboxylic acids is 1. The Bertz CT molecular complexity index is 593. The molecule has 0 fully saturated rings. The van der Waals surface area contributed by atoms with E-state index in [-0.39, 0.29) is 0 Å². The molecule has 0 spiro atoms. The zero-order valence-corrected chi connectivity index (χ0v) is 12.0. The highest BCUT2D eigenvalue weighted by molar-refractivity contribution is 7.14. The molecule has 1 aromatic carbocycles. The second-order valence-electron chi connectivity index (χ2n) is 4.20. The molecule has 1 N–H and O–H groups in total. The Labute approximate surface area is 116 Å². The number of benzene rings is 1. The highest BCUT2D eigenvalue weighted by Crippen LogP contribution is 2.27. The first-order valence-electron chi connectivity index (χ1n) is 6.07. The minimum Gasteiger partial charge on any atom is -0.450 e. The van der Waals surface area contributed by atoms with Gasteiger partial charge in [-0.3, -0.25) is 5.32 Å². The van der Waals surface area contributed by atoms with Crippen LogP contribution in [-0.2, 0) is 4.74 Å². The summed E-state index contributed by atoms with van der Waals surface area (Å²) in [5, 5.41) is 5.09. The van der Waals surface area contributed by atoms with E-state index in [1.165, 1.54) is 22.5 Å². The zero-order valence-electron chi connectivity index (χ0n) is 11.2. The fourth-order valence-electron chi connectivity index (χ4n) is 1.81. The average molecular weight is 276 g/mol. The molecule has 0 saturated carbocycles. The van der Waals surface area contributed by atoms with Crippen molar-refractivity contribution in [1.82, 2.24) is 4.98 Å². The number of carbonyl (C=O) groups is 1. The number of nitrogens with one attached hydrogen (secondary N) is 1. The zero-order chi connectivity index (χ0) is 13.8. The molecule has 0 aliphatic rings. The van der Waals surface area contributed by atoms with Gasteiger partial charge in [0.1, 0.15) is 0 Å². The third kappa shape index (κ3) is 3.32. The van der Waals surface area contributed by atoms with Gasteiger partial charge in [0.25, 0.3) is 0 Å². The maximum atomic E-state index is 11.3. The lowest BCUT2D eigenvalue weighted by Crippen LogP contribution is -2.12. The fraction of sp³-hybridized carbons (Fsp3) is 0.286. The lowest BCUT2D eigenvalue weighted by Gasteiger charge is -2.04. The van der Waals surface area contributed by atoms with E-state index in [2.05, 4.69) is 36.3 Å². The Morgan fingerprint density at radius 1 is 1.42 bits per heavy atom. The number of ether oxygens (including phenoxy) is 1. The smallest absolute Gasteiger partial charge is 0.413 e. The number of aromatic nitrogens is 1. The second-order valence-corrected chi connectivity index (χ2v) is 5.06. The Hall–Kier alpha value is -1.88. The van der Waals surface area contributed by atoms with Crippen molar-refractivity contribution in [2.24, 2.45) is 0 Å². The van der Waals surface area contributed by atoms with Crippen LogP contribution in [0.1, 0.15) is 18.1 Å². The van der Waals surface area contributed by atoms with E-state index in [0.29, 0.717) is 11.7 Å². The van der Waals surface area contributed by atoms with Crippen LogP contribution in [0.25, 0.3) is 11.3 Å². The quantitative estimate of drug-likeness (QED) is 0.922. The predicted octanol–water partition coefficient (Wildman–Crippen LogP) is 4.00. The molecule has 100 valence electrons. The van der Waals surface area contributed by atoms with Crippen molar-refractivity contribution in [3.63, 3.8) is 0 Å². The molecule has 2 rings (SSSR count). The van der Waals surface area contributed by atoms with E-state index in [1.807, 2.05) is 11.4 Å². The minimum atomic E-state index is -0.468. The van der Waals surface area contributed by atoms with Crippen molar-refractivity contribution >= 4 is 22.6 Å². The highest BCUT2D eigenvalue weighted by atomic mass is 32.1. The van der Waals surface area contributed by atoms with Gasteiger partial charge in [0.2, 0.25) is 0 Å². The molecule has 0 aliphatic carbocycles. The third-order valence-electron chi connectivity index (χ3n) is 2.65. The lowest BCUT2D eigenvalue weighted by molar-refractivity contribution is 0.168. The number of hydrogen-bond acceptors (Lipinski definition) is 4. The van der Waals surface area contributed by atoms with E-state index < -0.39 is 6.09 Å². The number of anilines is 1. The van der Waals surface area contributed by atoms with E-state index in [9.17, 15) is 4.79 Å². The Balaban J connectivity index is 2.18. The van der Waals surface area contributed by atoms with E-state index >= 15 is 0 Å². The fourth-order valence-corrected chi connectivity index (χ4v) is 2.51. The van der Waals surface area contributed by atoms with E-state index in [1.54, 1.807) is 6.92 Å².